The van der Waals surface area contributed by atoms with Crippen molar-refractivity contribution in [1.82, 2.24) is 30.3 Å². The van der Waals surface area contributed by atoms with Gasteiger partial charge in [0.25, 0.3) is 0 Å². The minimum atomic E-state index is -4.47. The first kappa shape index (κ1) is 20.1. The summed E-state index contributed by atoms with van der Waals surface area (Å²) in [5, 5.41) is 15.2. The van der Waals surface area contributed by atoms with E-state index >= 15 is 0 Å². The van der Waals surface area contributed by atoms with Gasteiger partial charge in [0.05, 0.1) is 22.3 Å². The van der Waals surface area contributed by atoms with Gasteiger partial charge < -0.3 is 5.32 Å². The number of hydrogen-bond acceptors (Lipinski definition) is 5. The highest BCUT2D eigenvalue weighted by molar-refractivity contribution is 7.18. The zero-order chi connectivity index (χ0) is 22.6. The normalized spacial score (nSPS) is 14.0. The van der Waals surface area contributed by atoms with Crippen LogP contribution in [0.25, 0.3) is 37.7 Å². The third-order valence-corrected chi connectivity index (χ3v) is 6.85. The lowest BCUT2D eigenvalue weighted by Gasteiger charge is -2.18. The number of hydrogen-bond donors (Lipinski definition) is 2. The highest BCUT2D eigenvalue weighted by atomic mass is 32.1. The third kappa shape index (κ3) is 3.61. The van der Waals surface area contributed by atoms with Crippen LogP contribution in [0, 0.1) is 0 Å². The molecule has 6 nitrogen and oxygen atoms in total. The summed E-state index contributed by atoms with van der Waals surface area (Å²) in [6.07, 6.45) is 0.0427. The minimum absolute atomic E-state index is 0.173. The molecule has 6 rings (SSSR count). The average Bonchev–Trinajstić information content (AvgIpc) is 3.57. The molecule has 0 atom stereocenters. The van der Waals surface area contributed by atoms with Crippen LogP contribution >= 0.6 is 11.3 Å². The molecule has 2 aromatic carbocycles. The SMILES string of the molecule is FC(F)(F)c1cc(-c2ncc(-c3ccc4cnn(-c5ccc6c(c5)CNCC6)c4c3)s2)n[nH]1. The summed E-state index contributed by atoms with van der Waals surface area (Å²) in [6, 6.07) is 13.4. The van der Waals surface area contributed by atoms with Crippen LogP contribution in [-0.2, 0) is 19.1 Å². The predicted molar refractivity (Wildman–Crippen MR) is 120 cm³/mol. The number of thiazole rings is 1. The molecule has 33 heavy (non-hydrogen) atoms. The summed E-state index contributed by atoms with van der Waals surface area (Å²) in [5.74, 6) is 0. The lowest BCUT2D eigenvalue weighted by molar-refractivity contribution is -0.141. The van der Waals surface area contributed by atoms with Crippen LogP contribution in [0.4, 0.5) is 13.2 Å². The van der Waals surface area contributed by atoms with Crippen molar-refractivity contribution in [2.24, 2.45) is 0 Å². The van der Waals surface area contributed by atoms with E-state index in [1.807, 2.05) is 34.2 Å². The van der Waals surface area contributed by atoms with Crippen LogP contribution in [0.3, 0.4) is 0 Å². The molecule has 0 radical (unpaired) electrons. The standard InChI is InChI=1S/C23H17F3N6S/c24-23(25,26)21-9-18(30-31-21)22-28-12-20(33-22)14-1-2-15-11-29-32(19(15)8-14)17-4-3-13-5-6-27-10-16(13)7-17/h1-4,7-9,11-12,27H,5-6,10H2,(H,30,31). The summed E-state index contributed by atoms with van der Waals surface area (Å²) < 4.78 is 40.5. The van der Waals surface area contributed by atoms with Crippen LogP contribution in [0.5, 0.6) is 0 Å². The second-order valence-electron chi connectivity index (χ2n) is 7.90. The topological polar surface area (TPSA) is 71.4 Å². The van der Waals surface area contributed by atoms with Crippen molar-refractivity contribution in [2.45, 2.75) is 19.1 Å². The van der Waals surface area contributed by atoms with Crippen molar-refractivity contribution >= 4 is 22.2 Å². The molecular formula is C23H17F3N6S. The Kier molecular flexibility index (Phi) is 4.59. The largest absolute Gasteiger partial charge is 0.432 e. The maximum Gasteiger partial charge on any atom is 0.432 e. The first-order valence-corrected chi connectivity index (χ1v) is 11.2. The van der Waals surface area contributed by atoms with Crippen LogP contribution in [0.15, 0.2) is 54.9 Å². The van der Waals surface area contributed by atoms with Crippen molar-refractivity contribution in [2.75, 3.05) is 6.54 Å². The number of H-pyrrole nitrogens is 1. The second-order valence-corrected chi connectivity index (χ2v) is 8.93. The number of alkyl halides is 3. The lowest BCUT2D eigenvalue weighted by atomic mass is 10.0. The van der Waals surface area contributed by atoms with Gasteiger partial charge in [0, 0.05) is 18.1 Å². The third-order valence-electron chi connectivity index (χ3n) is 5.78. The summed E-state index contributed by atoms with van der Waals surface area (Å²) in [7, 11) is 0. The first-order chi connectivity index (χ1) is 16.0. The van der Waals surface area contributed by atoms with E-state index in [0.717, 1.165) is 52.6 Å². The molecule has 0 unspecified atom stereocenters. The molecule has 0 amide bonds. The highest BCUT2D eigenvalue weighted by Crippen LogP contribution is 2.35. The number of nitrogens with zero attached hydrogens (tertiary/aromatic N) is 4. The molecular weight excluding hydrogens is 449 g/mol. The van der Waals surface area contributed by atoms with Gasteiger partial charge in [-0.15, -0.1) is 11.3 Å². The monoisotopic (exact) mass is 466 g/mol. The van der Waals surface area contributed by atoms with Gasteiger partial charge in [0.15, 0.2) is 0 Å². The van der Waals surface area contributed by atoms with Gasteiger partial charge in [-0.3, -0.25) is 5.10 Å². The Labute approximate surface area is 190 Å². The van der Waals surface area contributed by atoms with E-state index in [2.05, 4.69) is 38.7 Å². The van der Waals surface area contributed by atoms with Crippen LogP contribution < -0.4 is 5.32 Å². The van der Waals surface area contributed by atoms with Gasteiger partial charge in [0.2, 0.25) is 0 Å². The number of aromatic nitrogens is 5. The molecule has 1 aliphatic heterocycles. The summed E-state index contributed by atoms with van der Waals surface area (Å²) >= 11 is 1.30. The van der Waals surface area contributed by atoms with E-state index in [4.69, 9.17) is 0 Å². The molecule has 166 valence electrons. The molecule has 0 aliphatic carbocycles. The van der Waals surface area contributed by atoms with Gasteiger partial charge in [-0.05, 0) is 53.9 Å². The summed E-state index contributed by atoms with van der Waals surface area (Å²) in [4.78, 5) is 5.13. The molecule has 4 heterocycles. The molecule has 2 N–H and O–H groups in total. The number of fused-ring (bicyclic) bond motifs is 2. The first-order valence-electron chi connectivity index (χ1n) is 10.4. The maximum atomic E-state index is 12.9. The van der Waals surface area contributed by atoms with E-state index < -0.39 is 11.9 Å². The Bertz CT molecular complexity index is 1480. The molecule has 0 fully saturated rings. The number of rotatable bonds is 3. The maximum absolute atomic E-state index is 12.9. The molecule has 0 saturated heterocycles. The number of nitrogens with one attached hydrogen (secondary N) is 2. The molecule has 1 aliphatic rings. The fourth-order valence-electron chi connectivity index (χ4n) is 4.08. The van der Waals surface area contributed by atoms with E-state index in [1.165, 1.54) is 22.5 Å². The van der Waals surface area contributed by atoms with Gasteiger partial charge in [0.1, 0.15) is 16.4 Å². The van der Waals surface area contributed by atoms with Crippen molar-refractivity contribution in [3.8, 4) is 26.8 Å². The second kappa shape index (κ2) is 7.53. The minimum Gasteiger partial charge on any atom is -0.312 e. The van der Waals surface area contributed by atoms with Crippen LogP contribution in [-0.4, -0.2) is 31.5 Å². The van der Waals surface area contributed by atoms with Crippen molar-refractivity contribution in [1.29, 1.82) is 0 Å². The summed E-state index contributed by atoms with van der Waals surface area (Å²) in [6.45, 7) is 1.84. The fraction of sp³-hybridized carbons (Fsp3) is 0.174. The smallest absolute Gasteiger partial charge is 0.312 e. The van der Waals surface area contributed by atoms with Crippen molar-refractivity contribution < 1.29 is 13.2 Å². The zero-order valence-electron chi connectivity index (χ0n) is 17.1. The molecule has 0 spiro atoms. The summed E-state index contributed by atoms with van der Waals surface area (Å²) in [5.41, 5.74) is 4.78. The highest BCUT2D eigenvalue weighted by Gasteiger charge is 2.33. The van der Waals surface area contributed by atoms with Gasteiger partial charge in [-0.1, -0.05) is 18.2 Å². The van der Waals surface area contributed by atoms with E-state index in [1.54, 1.807) is 6.20 Å². The van der Waals surface area contributed by atoms with E-state index in [-0.39, 0.29) is 5.69 Å². The van der Waals surface area contributed by atoms with Crippen LogP contribution in [0.1, 0.15) is 16.8 Å². The van der Waals surface area contributed by atoms with Gasteiger partial charge >= 0.3 is 6.18 Å². The van der Waals surface area contributed by atoms with Crippen molar-refractivity contribution in [3.63, 3.8) is 0 Å². The molecule has 0 saturated carbocycles. The number of halogens is 3. The van der Waals surface area contributed by atoms with Gasteiger partial charge in [-0.2, -0.15) is 23.4 Å². The molecule has 0 bridgehead atoms. The van der Waals surface area contributed by atoms with Crippen LogP contribution in [0.2, 0.25) is 0 Å². The lowest BCUT2D eigenvalue weighted by Crippen LogP contribution is -2.23. The predicted octanol–water partition coefficient (Wildman–Crippen LogP) is 5.20. The van der Waals surface area contributed by atoms with Gasteiger partial charge in [-0.25, -0.2) is 9.67 Å². The zero-order valence-corrected chi connectivity index (χ0v) is 18.0. The van der Waals surface area contributed by atoms with E-state index in [9.17, 15) is 13.2 Å². The number of benzene rings is 2. The Morgan fingerprint density at radius 3 is 2.76 bits per heavy atom. The Morgan fingerprint density at radius 1 is 1.00 bits per heavy atom. The Balaban J connectivity index is 1.36. The van der Waals surface area contributed by atoms with E-state index in [0.29, 0.717) is 5.01 Å². The quantitative estimate of drug-likeness (QED) is 0.383. The molecule has 5 aromatic rings. The Morgan fingerprint density at radius 2 is 1.91 bits per heavy atom. The number of aromatic amines is 1. The average molecular weight is 466 g/mol. The van der Waals surface area contributed by atoms with Crippen molar-refractivity contribution in [3.05, 3.63) is 71.7 Å². The fourth-order valence-corrected chi connectivity index (χ4v) is 4.95. The molecule has 10 heteroatoms. The Hall–Kier alpha value is -3.50. The molecule has 3 aromatic heterocycles.